The molecule has 0 aliphatic rings. The van der Waals surface area contributed by atoms with Crippen molar-refractivity contribution in [3.05, 3.63) is 71.4 Å². The third-order valence-electron chi connectivity index (χ3n) is 4.03. The maximum absolute atomic E-state index is 12.2. The minimum absolute atomic E-state index is 0.0341. The van der Waals surface area contributed by atoms with Crippen molar-refractivity contribution in [3.8, 4) is 11.3 Å². The number of H-pyrrole nitrogens is 1. The minimum Gasteiger partial charge on any atom is -0.351 e. The predicted octanol–water partition coefficient (Wildman–Crippen LogP) is 4.22. The van der Waals surface area contributed by atoms with Crippen molar-refractivity contribution in [3.63, 3.8) is 0 Å². The first kappa shape index (κ1) is 17.3. The molecule has 1 aromatic heterocycles. The van der Waals surface area contributed by atoms with Crippen LogP contribution in [0.15, 0.2) is 59.9 Å². The van der Waals surface area contributed by atoms with E-state index in [0.717, 1.165) is 27.7 Å². The van der Waals surface area contributed by atoms with Gasteiger partial charge in [-0.05, 0) is 42.7 Å². The van der Waals surface area contributed by atoms with Crippen molar-refractivity contribution >= 4 is 17.7 Å². The van der Waals surface area contributed by atoms with Gasteiger partial charge in [0.2, 0.25) is 0 Å². The number of benzene rings is 2. The fourth-order valence-electron chi connectivity index (χ4n) is 2.44. The van der Waals surface area contributed by atoms with E-state index in [1.807, 2.05) is 68.6 Å². The number of amides is 1. The van der Waals surface area contributed by atoms with Gasteiger partial charge in [0.15, 0.2) is 5.16 Å². The second kappa shape index (κ2) is 8.03. The standard InChI is InChI=1S/C20H21N3OS/c1-14-8-9-17(12-15(14)2)19(24)21-10-11-25-20-22-13-18(23-20)16-6-4-3-5-7-16/h3-9,12-13H,10-11H2,1-2H3,(H,21,24)(H,22,23). The van der Waals surface area contributed by atoms with Crippen molar-refractivity contribution in [2.75, 3.05) is 12.3 Å². The monoisotopic (exact) mass is 351 g/mol. The lowest BCUT2D eigenvalue weighted by Gasteiger charge is -2.06. The van der Waals surface area contributed by atoms with Gasteiger partial charge in [0.05, 0.1) is 11.9 Å². The number of rotatable bonds is 6. The van der Waals surface area contributed by atoms with Crippen LogP contribution in [0.25, 0.3) is 11.3 Å². The first-order chi connectivity index (χ1) is 12.1. The summed E-state index contributed by atoms with van der Waals surface area (Å²) in [5, 5.41) is 3.81. The van der Waals surface area contributed by atoms with Crippen molar-refractivity contribution < 1.29 is 4.79 Å². The fourth-order valence-corrected chi connectivity index (χ4v) is 3.14. The van der Waals surface area contributed by atoms with E-state index < -0.39 is 0 Å². The van der Waals surface area contributed by atoms with Crippen LogP contribution in [0.1, 0.15) is 21.5 Å². The van der Waals surface area contributed by atoms with E-state index in [0.29, 0.717) is 12.1 Å². The molecule has 3 rings (SSSR count). The van der Waals surface area contributed by atoms with Gasteiger partial charge in [-0.1, -0.05) is 48.2 Å². The molecule has 0 aliphatic carbocycles. The van der Waals surface area contributed by atoms with E-state index in [1.165, 1.54) is 5.56 Å². The van der Waals surface area contributed by atoms with Crippen LogP contribution in [0, 0.1) is 13.8 Å². The molecule has 1 amide bonds. The van der Waals surface area contributed by atoms with Gasteiger partial charge >= 0.3 is 0 Å². The van der Waals surface area contributed by atoms with Gasteiger partial charge < -0.3 is 10.3 Å². The second-order valence-corrected chi connectivity index (χ2v) is 6.96. The summed E-state index contributed by atoms with van der Waals surface area (Å²) in [6.07, 6.45) is 1.84. The van der Waals surface area contributed by atoms with Crippen LogP contribution in [-0.2, 0) is 0 Å². The molecule has 0 aliphatic heterocycles. The predicted molar refractivity (Wildman–Crippen MR) is 103 cm³/mol. The Kier molecular flexibility index (Phi) is 5.56. The lowest BCUT2D eigenvalue weighted by atomic mass is 10.1. The van der Waals surface area contributed by atoms with E-state index >= 15 is 0 Å². The molecular formula is C20H21N3OS. The average Bonchev–Trinajstić information content (AvgIpc) is 3.10. The van der Waals surface area contributed by atoms with E-state index in [2.05, 4.69) is 15.3 Å². The Bertz CT molecular complexity index is 858. The molecule has 5 heteroatoms. The van der Waals surface area contributed by atoms with E-state index in [1.54, 1.807) is 11.8 Å². The second-order valence-electron chi connectivity index (χ2n) is 5.87. The Labute approximate surface area is 152 Å². The molecular weight excluding hydrogens is 330 g/mol. The van der Waals surface area contributed by atoms with Crippen LogP contribution in [-0.4, -0.2) is 28.2 Å². The van der Waals surface area contributed by atoms with Crippen molar-refractivity contribution in [1.29, 1.82) is 0 Å². The van der Waals surface area contributed by atoms with Crippen LogP contribution in [0.5, 0.6) is 0 Å². The Balaban J connectivity index is 1.48. The molecule has 0 saturated carbocycles. The third-order valence-corrected chi connectivity index (χ3v) is 4.92. The van der Waals surface area contributed by atoms with Crippen molar-refractivity contribution in [1.82, 2.24) is 15.3 Å². The van der Waals surface area contributed by atoms with E-state index in [9.17, 15) is 4.79 Å². The number of imidazole rings is 1. The lowest BCUT2D eigenvalue weighted by Crippen LogP contribution is -2.25. The zero-order chi connectivity index (χ0) is 17.6. The maximum atomic E-state index is 12.2. The molecule has 0 radical (unpaired) electrons. The molecule has 0 saturated heterocycles. The summed E-state index contributed by atoms with van der Waals surface area (Å²) in [7, 11) is 0. The van der Waals surface area contributed by atoms with Gasteiger partial charge in [-0.25, -0.2) is 4.98 Å². The summed E-state index contributed by atoms with van der Waals surface area (Å²) in [6, 6.07) is 15.9. The van der Waals surface area contributed by atoms with E-state index in [-0.39, 0.29) is 5.91 Å². The average molecular weight is 351 g/mol. The summed E-state index contributed by atoms with van der Waals surface area (Å²) < 4.78 is 0. The molecule has 25 heavy (non-hydrogen) atoms. The highest BCUT2D eigenvalue weighted by atomic mass is 32.2. The molecule has 128 valence electrons. The third kappa shape index (κ3) is 4.51. The zero-order valence-corrected chi connectivity index (χ0v) is 15.2. The Hall–Kier alpha value is -2.53. The normalized spacial score (nSPS) is 10.6. The van der Waals surface area contributed by atoms with Gasteiger partial charge in [-0.3, -0.25) is 4.79 Å². The molecule has 2 N–H and O–H groups in total. The first-order valence-electron chi connectivity index (χ1n) is 8.22. The fraction of sp³-hybridized carbons (Fsp3) is 0.200. The highest BCUT2D eigenvalue weighted by Gasteiger charge is 2.07. The smallest absolute Gasteiger partial charge is 0.251 e. The topological polar surface area (TPSA) is 57.8 Å². The van der Waals surface area contributed by atoms with Gasteiger partial charge in [0.25, 0.3) is 5.91 Å². The largest absolute Gasteiger partial charge is 0.351 e. The number of aromatic amines is 1. The number of hydrogen-bond donors (Lipinski definition) is 2. The summed E-state index contributed by atoms with van der Waals surface area (Å²) in [5.41, 5.74) is 5.15. The Morgan fingerprint density at radius 3 is 2.68 bits per heavy atom. The Morgan fingerprint density at radius 2 is 1.92 bits per heavy atom. The molecule has 3 aromatic rings. The SMILES string of the molecule is Cc1ccc(C(=O)NCCSc2ncc(-c3ccccc3)[nH]2)cc1C. The highest BCUT2D eigenvalue weighted by Crippen LogP contribution is 2.20. The molecule has 1 heterocycles. The van der Waals surface area contributed by atoms with Crippen molar-refractivity contribution in [2.45, 2.75) is 19.0 Å². The molecule has 2 aromatic carbocycles. The van der Waals surface area contributed by atoms with Crippen LogP contribution in [0.2, 0.25) is 0 Å². The number of carbonyl (C=O) groups is 1. The van der Waals surface area contributed by atoms with Gasteiger partial charge in [-0.2, -0.15) is 0 Å². The molecule has 4 nitrogen and oxygen atoms in total. The number of hydrogen-bond acceptors (Lipinski definition) is 3. The number of nitrogens with one attached hydrogen (secondary N) is 2. The highest BCUT2D eigenvalue weighted by molar-refractivity contribution is 7.99. The van der Waals surface area contributed by atoms with Crippen LogP contribution in [0.3, 0.4) is 0 Å². The van der Waals surface area contributed by atoms with Crippen LogP contribution < -0.4 is 5.32 Å². The zero-order valence-electron chi connectivity index (χ0n) is 14.4. The number of thioether (sulfide) groups is 1. The number of aryl methyl sites for hydroxylation is 2. The lowest BCUT2D eigenvalue weighted by molar-refractivity contribution is 0.0956. The quantitative estimate of drug-likeness (QED) is 0.516. The number of carbonyl (C=O) groups excluding carboxylic acids is 1. The summed E-state index contributed by atoms with van der Waals surface area (Å²) >= 11 is 1.60. The molecule has 0 spiro atoms. The number of nitrogens with zero attached hydrogens (tertiary/aromatic N) is 1. The first-order valence-corrected chi connectivity index (χ1v) is 9.21. The Morgan fingerprint density at radius 1 is 1.12 bits per heavy atom. The molecule has 0 fully saturated rings. The number of aromatic nitrogens is 2. The summed E-state index contributed by atoms with van der Waals surface area (Å²) in [6.45, 7) is 4.65. The van der Waals surface area contributed by atoms with Gasteiger partial charge in [0.1, 0.15) is 0 Å². The van der Waals surface area contributed by atoms with Gasteiger partial charge in [0, 0.05) is 17.9 Å². The summed E-state index contributed by atoms with van der Waals surface area (Å²) in [4.78, 5) is 19.9. The molecule has 0 atom stereocenters. The summed E-state index contributed by atoms with van der Waals surface area (Å²) in [5.74, 6) is 0.728. The molecule has 0 bridgehead atoms. The molecule has 0 unspecified atom stereocenters. The van der Waals surface area contributed by atoms with Crippen LogP contribution >= 0.6 is 11.8 Å². The maximum Gasteiger partial charge on any atom is 0.251 e. The minimum atomic E-state index is -0.0341. The van der Waals surface area contributed by atoms with Gasteiger partial charge in [-0.15, -0.1) is 0 Å². The van der Waals surface area contributed by atoms with Crippen molar-refractivity contribution in [2.24, 2.45) is 0 Å². The van der Waals surface area contributed by atoms with E-state index in [4.69, 9.17) is 0 Å². The van der Waals surface area contributed by atoms with Crippen LogP contribution in [0.4, 0.5) is 0 Å².